The molecule has 2 fully saturated rings. The number of carbonyl (C=O) groups excluding carboxylic acids is 1. The molecule has 20 heavy (non-hydrogen) atoms. The Labute approximate surface area is 122 Å². The van der Waals surface area contributed by atoms with Crippen molar-refractivity contribution in [2.24, 2.45) is 5.92 Å². The van der Waals surface area contributed by atoms with Crippen molar-refractivity contribution in [1.29, 1.82) is 0 Å². The van der Waals surface area contributed by atoms with Gasteiger partial charge in [-0.15, -0.1) is 11.3 Å². The van der Waals surface area contributed by atoms with E-state index in [-0.39, 0.29) is 0 Å². The smallest absolute Gasteiger partial charge is 0.160 e. The average molecular weight is 287 g/mol. The lowest BCUT2D eigenvalue weighted by Gasteiger charge is -2.21. The number of aldehydes is 1. The Morgan fingerprint density at radius 3 is 3.10 bits per heavy atom. The van der Waals surface area contributed by atoms with Crippen molar-refractivity contribution in [3.63, 3.8) is 0 Å². The molecule has 0 saturated carbocycles. The van der Waals surface area contributed by atoms with Gasteiger partial charge < -0.3 is 9.80 Å². The van der Waals surface area contributed by atoms with Gasteiger partial charge in [0.05, 0.1) is 4.88 Å². The minimum Gasteiger partial charge on any atom is -0.355 e. The minimum absolute atomic E-state index is 0.682. The Bertz CT molecular complexity index is 668. The topological polar surface area (TPSA) is 36.4 Å². The van der Waals surface area contributed by atoms with E-state index in [1.54, 1.807) is 0 Å². The molecule has 5 heteroatoms. The van der Waals surface area contributed by atoms with Gasteiger partial charge in [-0.25, -0.2) is 4.98 Å². The number of likely N-dealkylation sites (tertiary alicyclic amines) is 1. The second-order valence-electron chi connectivity index (χ2n) is 5.83. The van der Waals surface area contributed by atoms with Crippen LogP contribution in [0, 0.1) is 5.92 Å². The van der Waals surface area contributed by atoms with E-state index in [0.717, 1.165) is 46.2 Å². The number of thiophene rings is 1. The molecule has 0 radical (unpaired) electrons. The molecule has 104 valence electrons. The molecule has 4 rings (SSSR count). The molecule has 0 bridgehead atoms. The van der Waals surface area contributed by atoms with Gasteiger partial charge in [0.25, 0.3) is 0 Å². The largest absolute Gasteiger partial charge is 0.355 e. The first kappa shape index (κ1) is 12.3. The number of anilines is 1. The molecule has 2 aromatic heterocycles. The predicted molar refractivity (Wildman–Crippen MR) is 81.7 cm³/mol. The molecule has 4 heterocycles. The third-order valence-corrected chi connectivity index (χ3v) is 5.62. The van der Waals surface area contributed by atoms with Gasteiger partial charge in [0, 0.05) is 24.5 Å². The standard InChI is InChI=1S/C15H17N3OS/c1-17-5-4-11-7-18(8-13(11)17)14-3-2-10-6-12(9-19)20-15(10)16-14/h2-3,6,9,11,13H,4-5,7-8H2,1H3. The van der Waals surface area contributed by atoms with E-state index in [2.05, 4.69) is 29.0 Å². The molecule has 2 aromatic rings. The number of pyridine rings is 1. The monoisotopic (exact) mass is 287 g/mol. The number of nitrogens with zero attached hydrogens (tertiary/aromatic N) is 3. The fraction of sp³-hybridized carbons (Fsp3) is 0.467. The van der Waals surface area contributed by atoms with E-state index < -0.39 is 0 Å². The molecule has 0 N–H and O–H groups in total. The van der Waals surface area contributed by atoms with Crippen LogP contribution in [0.3, 0.4) is 0 Å². The van der Waals surface area contributed by atoms with Crippen LogP contribution in [0.25, 0.3) is 10.2 Å². The number of likely N-dealkylation sites (N-methyl/N-ethyl adjacent to an activating group) is 1. The Hall–Kier alpha value is -1.46. The van der Waals surface area contributed by atoms with Crippen molar-refractivity contribution in [1.82, 2.24) is 9.88 Å². The molecule has 4 nitrogen and oxygen atoms in total. The molecular formula is C15H17N3OS. The zero-order valence-electron chi connectivity index (χ0n) is 11.5. The van der Waals surface area contributed by atoms with Gasteiger partial charge in [-0.05, 0) is 44.1 Å². The van der Waals surface area contributed by atoms with Gasteiger partial charge in [-0.1, -0.05) is 0 Å². The number of carbonyl (C=O) groups is 1. The molecule has 0 amide bonds. The van der Waals surface area contributed by atoms with E-state index in [4.69, 9.17) is 4.98 Å². The lowest BCUT2D eigenvalue weighted by atomic mass is 10.1. The van der Waals surface area contributed by atoms with E-state index in [0.29, 0.717) is 6.04 Å². The highest BCUT2D eigenvalue weighted by Gasteiger charge is 2.39. The van der Waals surface area contributed by atoms with Gasteiger partial charge in [0.2, 0.25) is 0 Å². The van der Waals surface area contributed by atoms with E-state index in [9.17, 15) is 4.79 Å². The third kappa shape index (κ3) is 1.84. The summed E-state index contributed by atoms with van der Waals surface area (Å²) < 4.78 is 0. The highest BCUT2D eigenvalue weighted by molar-refractivity contribution is 7.20. The molecular weight excluding hydrogens is 270 g/mol. The maximum Gasteiger partial charge on any atom is 0.160 e. The Balaban J connectivity index is 1.64. The van der Waals surface area contributed by atoms with Crippen LogP contribution in [0.15, 0.2) is 18.2 Å². The van der Waals surface area contributed by atoms with E-state index in [1.165, 1.54) is 24.3 Å². The van der Waals surface area contributed by atoms with Crippen LogP contribution in [-0.4, -0.2) is 48.9 Å². The van der Waals surface area contributed by atoms with Gasteiger partial charge in [-0.2, -0.15) is 0 Å². The highest BCUT2D eigenvalue weighted by atomic mass is 32.1. The van der Waals surface area contributed by atoms with E-state index in [1.807, 2.05) is 6.07 Å². The zero-order chi connectivity index (χ0) is 13.7. The summed E-state index contributed by atoms with van der Waals surface area (Å²) >= 11 is 1.48. The third-order valence-electron chi connectivity index (χ3n) is 4.65. The minimum atomic E-state index is 0.682. The Kier molecular flexibility index (Phi) is 2.79. The van der Waals surface area contributed by atoms with E-state index >= 15 is 0 Å². The van der Waals surface area contributed by atoms with Gasteiger partial charge >= 0.3 is 0 Å². The number of hydrogen-bond donors (Lipinski definition) is 0. The molecule has 2 atom stereocenters. The summed E-state index contributed by atoms with van der Waals surface area (Å²) in [5, 5.41) is 1.07. The quantitative estimate of drug-likeness (QED) is 0.794. The maximum atomic E-state index is 10.9. The maximum absolute atomic E-state index is 10.9. The van der Waals surface area contributed by atoms with Crippen LogP contribution in [0.1, 0.15) is 16.1 Å². The summed E-state index contributed by atoms with van der Waals surface area (Å²) in [6.45, 7) is 3.41. The molecule has 2 aliphatic rings. The van der Waals surface area contributed by atoms with Crippen molar-refractivity contribution >= 4 is 33.7 Å². The van der Waals surface area contributed by atoms with Crippen LogP contribution < -0.4 is 4.90 Å². The summed E-state index contributed by atoms with van der Waals surface area (Å²) in [4.78, 5) is 22.2. The fourth-order valence-corrected chi connectivity index (χ4v) is 4.36. The summed E-state index contributed by atoms with van der Waals surface area (Å²) in [6.07, 6.45) is 2.20. The van der Waals surface area contributed by atoms with Crippen LogP contribution in [-0.2, 0) is 0 Å². The normalized spacial score (nSPS) is 26.4. The Morgan fingerprint density at radius 1 is 1.40 bits per heavy atom. The van der Waals surface area contributed by atoms with Crippen molar-refractivity contribution in [3.8, 4) is 0 Å². The van der Waals surface area contributed by atoms with Crippen molar-refractivity contribution in [2.75, 3.05) is 31.6 Å². The number of aromatic nitrogens is 1. The average Bonchev–Trinajstić information content (AvgIpc) is 3.13. The fourth-order valence-electron chi connectivity index (χ4n) is 3.52. The van der Waals surface area contributed by atoms with Gasteiger partial charge in [-0.3, -0.25) is 4.79 Å². The molecule has 0 aliphatic carbocycles. The summed E-state index contributed by atoms with van der Waals surface area (Å²) in [5.41, 5.74) is 0. The van der Waals surface area contributed by atoms with Gasteiger partial charge in [0.15, 0.2) is 6.29 Å². The number of rotatable bonds is 2. The Morgan fingerprint density at radius 2 is 2.30 bits per heavy atom. The van der Waals surface area contributed by atoms with Crippen molar-refractivity contribution in [2.45, 2.75) is 12.5 Å². The van der Waals surface area contributed by atoms with Crippen molar-refractivity contribution in [3.05, 3.63) is 23.1 Å². The lowest BCUT2D eigenvalue weighted by Crippen LogP contribution is -2.32. The second kappa shape index (κ2) is 4.53. The molecule has 0 aromatic carbocycles. The van der Waals surface area contributed by atoms with Crippen LogP contribution in [0.4, 0.5) is 5.82 Å². The molecule has 2 aliphatic heterocycles. The first-order chi connectivity index (χ1) is 9.74. The van der Waals surface area contributed by atoms with Gasteiger partial charge in [0.1, 0.15) is 10.6 Å². The summed E-state index contributed by atoms with van der Waals surface area (Å²) in [7, 11) is 2.22. The first-order valence-electron chi connectivity index (χ1n) is 7.05. The van der Waals surface area contributed by atoms with Crippen molar-refractivity contribution < 1.29 is 4.79 Å². The predicted octanol–water partition coefficient (Wildman–Crippen LogP) is 2.25. The molecule has 0 spiro atoms. The number of hydrogen-bond acceptors (Lipinski definition) is 5. The lowest BCUT2D eigenvalue weighted by molar-refractivity contribution is 0.112. The highest BCUT2D eigenvalue weighted by Crippen LogP contribution is 2.33. The van der Waals surface area contributed by atoms with Crippen LogP contribution in [0.5, 0.6) is 0 Å². The SMILES string of the molecule is CN1CCC2CN(c3ccc4cc(C=O)sc4n3)CC21. The first-order valence-corrected chi connectivity index (χ1v) is 7.87. The molecule has 2 saturated heterocycles. The zero-order valence-corrected chi connectivity index (χ0v) is 12.3. The van der Waals surface area contributed by atoms with Crippen LogP contribution >= 0.6 is 11.3 Å². The number of fused-ring (bicyclic) bond motifs is 2. The summed E-state index contributed by atoms with van der Waals surface area (Å²) in [5.74, 6) is 1.84. The molecule has 2 unspecified atom stereocenters. The second-order valence-corrected chi connectivity index (χ2v) is 6.89. The van der Waals surface area contributed by atoms with Crippen LogP contribution in [0.2, 0.25) is 0 Å². The summed E-state index contributed by atoms with van der Waals surface area (Å²) in [6, 6.07) is 6.77.